The highest BCUT2D eigenvalue weighted by atomic mass is 32.2. The van der Waals surface area contributed by atoms with Crippen LogP contribution >= 0.6 is 11.8 Å². The summed E-state index contributed by atoms with van der Waals surface area (Å²) in [6, 6.07) is 9.36. The standard InChI is InChI=1S/C16H20O5S/c1-11(17)20-14(21-15(19)16(2,3)4)13(18)22-10-12-8-6-5-7-9-12/h5-9,14H,10H2,1-4H3. The Balaban J connectivity index is 2.68. The van der Waals surface area contributed by atoms with Crippen LogP contribution in [-0.4, -0.2) is 23.3 Å². The molecule has 22 heavy (non-hydrogen) atoms. The Morgan fingerprint density at radius 3 is 2.18 bits per heavy atom. The summed E-state index contributed by atoms with van der Waals surface area (Å²) in [5.74, 6) is -0.877. The lowest BCUT2D eigenvalue weighted by atomic mass is 9.97. The van der Waals surface area contributed by atoms with Gasteiger partial charge in [-0.05, 0) is 26.3 Å². The summed E-state index contributed by atoms with van der Waals surface area (Å²) in [5, 5.41) is -0.517. The zero-order chi connectivity index (χ0) is 16.8. The van der Waals surface area contributed by atoms with Gasteiger partial charge >= 0.3 is 18.2 Å². The van der Waals surface area contributed by atoms with E-state index in [-0.39, 0.29) is 0 Å². The van der Waals surface area contributed by atoms with Crippen LogP contribution in [0, 0.1) is 5.41 Å². The van der Waals surface area contributed by atoms with Gasteiger partial charge in [0.2, 0.25) is 0 Å². The Bertz CT molecular complexity index is 533. The van der Waals surface area contributed by atoms with Crippen molar-refractivity contribution in [2.24, 2.45) is 5.41 Å². The van der Waals surface area contributed by atoms with Crippen LogP contribution in [0.25, 0.3) is 0 Å². The fraction of sp³-hybridized carbons (Fsp3) is 0.438. The maximum atomic E-state index is 12.1. The Hall–Kier alpha value is -1.82. The number of benzene rings is 1. The Morgan fingerprint density at radius 1 is 1.09 bits per heavy atom. The lowest BCUT2D eigenvalue weighted by molar-refractivity contribution is -0.192. The van der Waals surface area contributed by atoms with Gasteiger partial charge < -0.3 is 9.47 Å². The average Bonchev–Trinajstić information content (AvgIpc) is 2.43. The van der Waals surface area contributed by atoms with Gasteiger partial charge in [0.05, 0.1) is 5.41 Å². The molecule has 1 aromatic rings. The second-order valence-corrected chi connectivity index (χ2v) is 6.67. The van der Waals surface area contributed by atoms with Crippen molar-refractivity contribution in [2.45, 2.75) is 39.7 Å². The minimum Gasteiger partial charge on any atom is -0.417 e. The molecule has 0 bridgehead atoms. The van der Waals surface area contributed by atoms with E-state index in [1.165, 1.54) is 0 Å². The van der Waals surface area contributed by atoms with Crippen molar-refractivity contribution in [3.05, 3.63) is 35.9 Å². The number of esters is 2. The van der Waals surface area contributed by atoms with E-state index in [9.17, 15) is 14.4 Å². The minimum atomic E-state index is -1.52. The second-order valence-electron chi connectivity index (χ2n) is 5.69. The highest BCUT2D eigenvalue weighted by molar-refractivity contribution is 8.13. The molecule has 0 radical (unpaired) electrons. The van der Waals surface area contributed by atoms with Crippen molar-refractivity contribution in [2.75, 3.05) is 0 Å². The maximum absolute atomic E-state index is 12.1. The molecular weight excluding hydrogens is 304 g/mol. The fourth-order valence-corrected chi connectivity index (χ4v) is 2.08. The van der Waals surface area contributed by atoms with Crippen molar-refractivity contribution >= 4 is 28.8 Å². The number of carbonyl (C=O) groups excluding carboxylic acids is 3. The molecule has 6 heteroatoms. The van der Waals surface area contributed by atoms with E-state index in [1.54, 1.807) is 20.8 Å². The summed E-state index contributed by atoms with van der Waals surface area (Å²) in [7, 11) is 0. The summed E-state index contributed by atoms with van der Waals surface area (Å²) in [4.78, 5) is 35.1. The highest BCUT2D eigenvalue weighted by Gasteiger charge is 2.32. The van der Waals surface area contributed by atoms with Gasteiger partial charge in [-0.15, -0.1) is 0 Å². The molecular formula is C16H20O5S. The van der Waals surface area contributed by atoms with Gasteiger partial charge in [-0.2, -0.15) is 0 Å². The van der Waals surface area contributed by atoms with Crippen LogP contribution in [0.1, 0.15) is 33.3 Å². The molecule has 5 nitrogen and oxygen atoms in total. The molecule has 0 amide bonds. The molecule has 0 aliphatic rings. The van der Waals surface area contributed by atoms with Gasteiger partial charge in [-0.1, -0.05) is 42.1 Å². The molecule has 0 spiro atoms. The Kier molecular flexibility index (Phi) is 6.61. The minimum absolute atomic E-state index is 0.407. The molecule has 1 atom stereocenters. The summed E-state index contributed by atoms with van der Waals surface area (Å²) in [6.07, 6.45) is -1.52. The van der Waals surface area contributed by atoms with E-state index in [2.05, 4.69) is 0 Å². The first-order valence-electron chi connectivity index (χ1n) is 6.79. The molecule has 0 aromatic heterocycles. The van der Waals surface area contributed by atoms with E-state index in [0.29, 0.717) is 5.75 Å². The normalized spacial score (nSPS) is 12.4. The van der Waals surface area contributed by atoms with Gasteiger partial charge in [-0.25, -0.2) is 0 Å². The molecule has 0 fully saturated rings. The Morgan fingerprint density at radius 2 is 1.68 bits per heavy atom. The van der Waals surface area contributed by atoms with Gasteiger partial charge in [0.15, 0.2) is 0 Å². The van der Waals surface area contributed by atoms with Crippen LogP contribution < -0.4 is 0 Å². The predicted octanol–water partition coefficient (Wildman–Crippen LogP) is 2.92. The van der Waals surface area contributed by atoms with E-state index in [4.69, 9.17) is 9.47 Å². The molecule has 0 saturated carbocycles. The number of thioether (sulfide) groups is 1. The van der Waals surface area contributed by atoms with Crippen LogP contribution in [0.3, 0.4) is 0 Å². The SMILES string of the molecule is CC(=O)OC(OC(=O)C(C)(C)C)C(=O)SCc1ccccc1. The topological polar surface area (TPSA) is 69.7 Å². The van der Waals surface area contributed by atoms with E-state index in [0.717, 1.165) is 24.2 Å². The van der Waals surface area contributed by atoms with Crippen LogP contribution in [0.4, 0.5) is 0 Å². The van der Waals surface area contributed by atoms with Crippen molar-refractivity contribution < 1.29 is 23.9 Å². The van der Waals surface area contributed by atoms with Crippen molar-refractivity contribution in [1.82, 2.24) is 0 Å². The zero-order valence-corrected chi connectivity index (χ0v) is 13.9. The number of ether oxygens (including phenoxy) is 2. The molecule has 0 aliphatic heterocycles. The third-order valence-electron chi connectivity index (χ3n) is 2.52. The third kappa shape index (κ3) is 6.30. The molecule has 120 valence electrons. The molecule has 0 saturated heterocycles. The first-order valence-corrected chi connectivity index (χ1v) is 7.77. The molecule has 0 heterocycles. The van der Waals surface area contributed by atoms with Crippen LogP contribution in [0.15, 0.2) is 30.3 Å². The largest absolute Gasteiger partial charge is 0.417 e. The molecule has 1 aromatic carbocycles. The highest BCUT2D eigenvalue weighted by Crippen LogP contribution is 2.21. The van der Waals surface area contributed by atoms with Crippen molar-refractivity contribution in [3.8, 4) is 0 Å². The third-order valence-corrected chi connectivity index (χ3v) is 3.47. The Labute approximate surface area is 134 Å². The number of hydrogen-bond acceptors (Lipinski definition) is 6. The number of rotatable bonds is 5. The predicted molar refractivity (Wildman–Crippen MR) is 83.8 cm³/mol. The van der Waals surface area contributed by atoms with Crippen LogP contribution in [-0.2, 0) is 29.6 Å². The van der Waals surface area contributed by atoms with Crippen molar-refractivity contribution in [3.63, 3.8) is 0 Å². The quantitative estimate of drug-likeness (QED) is 0.613. The molecule has 1 unspecified atom stereocenters. The summed E-state index contributed by atoms with van der Waals surface area (Å²) >= 11 is 0.939. The van der Waals surface area contributed by atoms with Gasteiger partial charge in [0, 0.05) is 12.7 Å². The summed E-state index contributed by atoms with van der Waals surface area (Å²) in [5.41, 5.74) is 0.160. The van der Waals surface area contributed by atoms with E-state index >= 15 is 0 Å². The first-order chi connectivity index (χ1) is 10.2. The second kappa shape index (κ2) is 7.98. The lowest BCUT2D eigenvalue weighted by Crippen LogP contribution is -2.34. The maximum Gasteiger partial charge on any atom is 0.316 e. The smallest absolute Gasteiger partial charge is 0.316 e. The van der Waals surface area contributed by atoms with Gasteiger partial charge in [-0.3, -0.25) is 14.4 Å². The molecule has 0 aliphatic carbocycles. The zero-order valence-electron chi connectivity index (χ0n) is 13.1. The van der Waals surface area contributed by atoms with Crippen LogP contribution in [0.5, 0.6) is 0 Å². The average molecular weight is 324 g/mol. The van der Waals surface area contributed by atoms with Crippen LogP contribution in [0.2, 0.25) is 0 Å². The lowest BCUT2D eigenvalue weighted by Gasteiger charge is -2.21. The van der Waals surface area contributed by atoms with Gasteiger partial charge in [0.25, 0.3) is 5.12 Å². The van der Waals surface area contributed by atoms with E-state index < -0.39 is 28.8 Å². The van der Waals surface area contributed by atoms with E-state index in [1.807, 2.05) is 30.3 Å². The number of hydrogen-bond donors (Lipinski definition) is 0. The monoisotopic (exact) mass is 324 g/mol. The fourth-order valence-electron chi connectivity index (χ4n) is 1.34. The van der Waals surface area contributed by atoms with Gasteiger partial charge in [0.1, 0.15) is 0 Å². The van der Waals surface area contributed by atoms with Crippen molar-refractivity contribution in [1.29, 1.82) is 0 Å². The first kappa shape index (κ1) is 18.2. The summed E-state index contributed by atoms with van der Waals surface area (Å²) in [6.45, 7) is 6.12. The molecule has 0 N–H and O–H groups in total. The number of carbonyl (C=O) groups is 3. The molecule has 1 rings (SSSR count). The summed E-state index contributed by atoms with van der Waals surface area (Å²) < 4.78 is 9.84.